The fraction of sp³-hybridized carbons (Fsp3) is 0. The molecule has 0 aliphatic rings. The van der Waals surface area contributed by atoms with Crippen molar-refractivity contribution >= 4 is 10.4 Å². The Bertz CT molecular complexity index is 90.7. The molecule has 0 bridgehead atoms. The molecule has 0 aromatic carbocycles. The molecular formula is O4PrS+. The Balaban J connectivity index is 0. The van der Waals surface area contributed by atoms with Gasteiger partial charge in [0.1, 0.15) is 0 Å². The molecule has 0 N–H and O–H groups in total. The molecule has 32 valence electrons. The third-order valence-electron chi connectivity index (χ3n) is 0. The van der Waals surface area contributed by atoms with Crippen molar-refractivity contribution in [2.24, 2.45) is 0 Å². The van der Waals surface area contributed by atoms with Gasteiger partial charge >= 0.3 is 41.3 Å². The molecule has 6 heavy (non-hydrogen) atoms. The molecular weight excluding hydrogens is 237 g/mol. The van der Waals surface area contributed by atoms with Gasteiger partial charge in [0.15, 0.2) is 0 Å². The monoisotopic (exact) mass is 237 g/mol. The predicted molar refractivity (Wildman–Crippen MR) is 10.5 cm³/mol. The molecule has 0 radical (unpaired) electrons. The minimum absolute atomic E-state index is 0. The van der Waals surface area contributed by atoms with Gasteiger partial charge in [-0.1, -0.05) is 0 Å². The van der Waals surface area contributed by atoms with Crippen molar-refractivity contribution in [2.45, 2.75) is 0 Å². The van der Waals surface area contributed by atoms with Crippen LogP contribution in [-0.2, 0) is 10.4 Å². The number of rotatable bonds is 0. The Morgan fingerprint density at radius 1 is 1.17 bits per heavy atom. The molecule has 0 aromatic rings. The van der Waals surface area contributed by atoms with Crippen LogP contribution in [0.4, 0.5) is 0 Å². The van der Waals surface area contributed by atoms with Gasteiger partial charge in [0.05, 0.1) is 0 Å². The molecule has 0 aromatic heterocycles. The number of hydrogen-bond acceptors (Lipinski definition) is 4. The Morgan fingerprint density at radius 2 is 1.17 bits per heavy atom. The van der Waals surface area contributed by atoms with E-state index in [-0.39, 0.29) is 41.3 Å². The molecule has 0 heterocycles. The predicted octanol–water partition coefficient (Wildman–Crippen LogP) is -1.34. The second kappa shape index (κ2) is 3.26. The van der Waals surface area contributed by atoms with Gasteiger partial charge in [-0.2, -0.15) is 0 Å². The maximum atomic E-state index is 8.52. The normalized spacial score (nSPS) is 9.67. The SMILES string of the molecule is O=S(=O)([O-])[O-].[Pr+3]. The summed E-state index contributed by atoms with van der Waals surface area (Å²) in [6.45, 7) is 0. The van der Waals surface area contributed by atoms with Gasteiger partial charge < -0.3 is 9.11 Å². The van der Waals surface area contributed by atoms with E-state index in [2.05, 4.69) is 0 Å². The molecule has 0 fully saturated rings. The maximum absolute atomic E-state index is 8.52. The second-order valence-electron chi connectivity index (χ2n) is 0.408. The average molecular weight is 237 g/mol. The minimum atomic E-state index is -5.17. The summed E-state index contributed by atoms with van der Waals surface area (Å²) in [5, 5.41) is 0. The molecule has 0 aliphatic carbocycles. The molecule has 0 aliphatic heterocycles. The van der Waals surface area contributed by atoms with Crippen molar-refractivity contribution in [1.82, 2.24) is 0 Å². The first-order valence-corrected chi connectivity index (χ1v) is 2.00. The van der Waals surface area contributed by atoms with Gasteiger partial charge in [-0.05, 0) is 0 Å². The molecule has 4 nitrogen and oxygen atoms in total. The summed E-state index contributed by atoms with van der Waals surface area (Å²) in [4.78, 5) is 0. The smallest absolute Gasteiger partial charge is 0.759 e. The first-order chi connectivity index (χ1) is 2.00. The van der Waals surface area contributed by atoms with Crippen LogP contribution in [0.25, 0.3) is 0 Å². The molecule has 0 atom stereocenters. The van der Waals surface area contributed by atoms with E-state index in [9.17, 15) is 0 Å². The zero-order valence-corrected chi connectivity index (χ0v) is 7.14. The summed E-state index contributed by atoms with van der Waals surface area (Å²) in [5.74, 6) is 0. The third kappa shape index (κ3) is 61.6. The summed E-state index contributed by atoms with van der Waals surface area (Å²) in [6.07, 6.45) is 0. The zero-order chi connectivity index (χ0) is 4.50. The van der Waals surface area contributed by atoms with E-state index in [0.717, 1.165) is 0 Å². The van der Waals surface area contributed by atoms with Crippen LogP contribution in [0.5, 0.6) is 0 Å². The van der Waals surface area contributed by atoms with Gasteiger partial charge in [0.2, 0.25) is 0 Å². The molecule has 0 rings (SSSR count). The quantitative estimate of drug-likeness (QED) is 0.385. The van der Waals surface area contributed by atoms with E-state index >= 15 is 0 Å². The standard InChI is InChI=1S/H2O4S.Pr/c1-5(2,3)4;/h(H2,1,2,3,4);/q;+3/p-2. The minimum Gasteiger partial charge on any atom is -0.759 e. The van der Waals surface area contributed by atoms with Gasteiger partial charge in [0, 0.05) is 10.4 Å². The maximum Gasteiger partial charge on any atom is 3.00 e. The van der Waals surface area contributed by atoms with Gasteiger partial charge in [-0.3, -0.25) is 8.42 Å². The topological polar surface area (TPSA) is 80.3 Å². The molecule has 0 unspecified atom stereocenters. The molecule has 0 saturated heterocycles. The van der Waals surface area contributed by atoms with E-state index in [0.29, 0.717) is 0 Å². The summed E-state index contributed by atoms with van der Waals surface area (Å²) >= 11 is 0. The first kappa shape index (κ1) is 10.3. The van der Waals surface area contributed by atoms with Crippen LogP contribution in [0.2, 0.25) is 0 Å². The van der Waals surface area contributed by atoms with E-state index in [1.807, 2.05) is 0 Å². The molecule has 0 amide bonds. The Morgan fingerprint density at radius 3 is 1.17 bits per heavy atom. The Hall–Kier alpha value is 1.23. The van der Waals surface area contributed by atoms with Gasteiger partial charge in [-0.15, -0.1) is 0 Å². The van der Waals surface area contributed by atoms with Gasteiger partial charge in [0.25, 0.3) is 0 Å². The van der Waals surface area contributed by atoms with E-state index < -0.39 is 10.4 Å². The summed E-state index contributed by atoms with van der Waals surface area (Å²) in [5.41, 5.74) is 0. The largest absolute Gasteiger partial charge is 3.00 e. The van der Waals surface area contributed by atoms with Crippen molar-refractivity contribution in [2.75, 3.05) is 0 Å². The Labute approximate surface area is 68.5 Å². The second-order valence-corrected chi connectivity index (χ2v) is 1.22. The van der Waals surface area contributed by atoms with Crippen molar-refractivity contribution < 1.29 is 58.8 Å². The van der Waals surface area contributed by atoms with Crippen LogP contribution in [0.15, 0.2) is 0 Å². The van der Waals surface area contributed by atoms with Crippen LogP contribution in [-0.4, -0.2) is 17.5 Å². The van der Waals surface area contributed by atoms with Crippen LogP contribution in [0.3, 0.4) is 0 Å². The van der Waals surface area contributed by atoms with E-state index in [1.54, 1.807) is 0 Å². The average Bonchev–Trinajstić information content (AvgIpc) is 0.722. The molecule has 0 spiro atoms. The van der Waals surface area contributed by atoms with Crippen molar-refractivity contribution in [3.8, 4) is 0 Å². The van der Waals surface area contributed by atoms with Gasteiger partial charge in [-0.25, -0.2) is 0 Å². The third-order valence-corrected chi connectivity index (χ3v) is 0. The summed E-state index contributed by atoms with van der Waals surface area (Å²) in [6, 6.07) is 0. The van der Waals surface area contributed by atoms with Crippen molar-refractivity contribution in [3.63, 3.8) is 0 Å². The summed E-state index contributed by atoms with van der Waals surface area (Å²) in [7, 11) is -5.17. The number of hydrogen-bond donors (Lipinski definition) is 0. The van der Waals surface area contributed by atoms with E-state index in [1.165, 1.54) is 0 Å². The Kier molecular flexibility index (Phi) is 5.58. The van der Waals surface area contributed by atoms with Crippen molar-refractivity contribution in [3.05, 3.63) is 0 Å². The van der Waals surface area contributed by atoms with Crippen LogP contribution >= 0.6 is 0 Å². The van der Waals surface area contributed by atoms with Crippen LogP contribution in [0, 0.1) is 41.3 Å². The fourth-order valence-corrected chi connectivity index (χ4v) is 0. The van der Waals surface area contributed by atoms with Crippen molar-refractivity contribution in [1.29, 1.82) is 0 Å². The first-order valence-electron chi connectivity index (χ1n) is 0.667. The zero-order valence-electron chi connectivity index (χ0n) is 2.62. The van der Waals surface area contributed by atoms with Crippen LogP contribution < -0.4 is 0 Å². The molecule has 0 saturated carbocycles. The summed E-state index contributed by atoms with van der Waals surface area (Å²) < 4.78 is 34.1. The fourth-order valence-electron chi connectivity index (χ4n) is 0. The van der Waals surface area contributed by atoms with E-state index in [4.69, 9.17) is 17.5 Å². The van der Waals surface area contributed by atoms with Crippen LogP contribution in [0.1, 0.15) is 0 Å². The molecule has 6 heteroatoms.